The minimum absolute atomic E-state index is 0.147. The van der Waals surface area contributed by atoms with Gasteiger partial charge in [-0.3, -0.25) is 4.79 Å². The third-order valence-electron chi connectivity index (χ3n) is 3.15. The first-order chi connectivity index (χ1) is 9.65. The molecule has 100 valence electrons. The molecule has 2 heterocycles. The summed E-state index contributed by atoms with van der Waals surface area (Å²) in [5.74, 6) is 0.219. The second kappa shape index (κ2) is 4.77. The highest BCUT2D eigenvalue weighted by Crippen LogP contribution is 2.20. The number of hydrogen-bond donors (Lipinski definition) is 1. The van der Waals surface area contributed by atoms with E-state index in [0.717, 1.165) is 0 Å². The number of halogens is 1. The normalized spacial score (nSPS) is 11.5. The van der Waals surface area contributed by atoms with E-state index in [-0.39, 0.29) is 11.6 Å². The Balaban J connectivity index is 1.93. The number of carbonyl (C=O) groups excluding carboxylic acids is 1. The van der Waals surface area contributed by atoms with Crippen LogP contribution in [0.4, 0.5) is 4.39 Å². The quantitative estimate of drug-likeness (QED) is 0.587. The molecule has 1 N–H and O–H groups in total. The van der Waals surface area contributed by atoms with Crippen LogP contribution in [-0.4, -0.2) is 20.3 Å². The molecule has 0 saturated heterocycles. The van der Waals surface area contributed by atoms with Gasteiger partial charge in [-0.05, 0) is 30.4 Å². The maximum atomic E-state index is 13.1. The lowest BCUT2D eigenvalue weighted by molar-refractivity contribution is 0.104. The zero-order chi connectivity index (χ0) is 14.1. The Morgan fingerprint density at radius 2 is 2.30 bits per heavy atom. The largest absolute Gasteiger partial charge is 0.360 e. The summed E-state index contributed by atoms with van der Waals surface area (Å²) in [6.45, 7) is 0. The van der Waals surface area contributed by atoms with Crippen LogP contribution in [0.3, 0.4) is 0 Å². The fraction of sp³-hybridized carbons (Fsp3) is 0.0667. The van der Waals surface area contributed by atoms with Crippen LogP contribution in [0.15, 0.2) is 42.9 Å². The van der Waals surface area contributed by atoms with Gasteiger partial charge in [-0.2, -0.15) is 0 Å². The van der Waals surface area contributed by atoms with Crippen LogP contribution in [0.1, 0.15) is 16.2 Å². The van der Waals surface area contributed by atoms with Crippen molar-refractivity contribution < 1.29 is 9.18 Å². The summed E-state index contributed by atoms with van der Waals surface area (Å²) in [5, 5.41) is 0.709. The average Bonchev–Trinajstić information content (AvgIpc) is 3.02. The Kier molecular flexibility index (Phi) is 2.95. The lowest BCUT2D eigenvalue weighted by Crippen LogP contribution is -1.94. The maximum Gasteiger partial charge on any atom is 0.188 e. The van der Waals surface area contributed by atoms with Crippen LogP contribution in [0.2, 0.25) is 0 Å². The molecule has 0 saturated carbocycles. The summed E-state index contributed by atoms with van der Waals surface area (Å²) in [6.07, 6.45) is 8.19. The maximum absolute atomic E-state index is 13.1. The number of nitrogens with one attached hydrogen (secondary N) is 1. The first kappa shape index (κ1) is 12.3. The van der Waals surface area contributed by atoms with Gasteiger partial charge in [-0.1, -0.05) is 0 Å². The first-order valence-corrected chi connectivity index (χ1v) is 6.11. The Morgan fingerprint density at radius 3 is 3.05 bits per heavy atom. The van der Waals surface area contributed by atoms with Crippen LogP contribution >= 0.6 is 0 Å². The topological polar surface area (TPSA) is 50.7 Å². The zero-order valence-electron chi connectivity index (χ0n) is 10.8. The predicted octanol–water partition coefficient (Wildman–Crippen LogP) is 2.94. The molecular weight excluding hydrogens is 257 g/mol. The smallest absolute Gasteiger partial charge is 0.188 e. The van der Waals surface area contributed by atoms with E-state index in [0.29, 0.717) is 22.3 Å². The third-order valence-corrected chi connectivity index (χ3v) is 3.15. The molecule has 0 radical (unpaired) electrons. The van der Waals surface area contributed by atoms with Crippen LogP contribution in [-0.2, 0) is 7.05 Å². The van der Waals surface area contributed by atoms with Crippen LogP contribution in [0.25, 0.3) is 17.0 Å². The number of ketones is 1. The molecule has 0 atom stereocenters. The molecule has 4 nitrogen and oxygen atoms in total. The van der Waals surface area contributed by atoms with Gasteiger partial charge < -0.3 is 9.55 Å². The molecule has 0 spiro atoms. The third kappa shape index (κ3) is 2.14. The summed E-state index contributed by atoms with van der Waals surface area (Å²) in [7, 11) is 1.85. The van der Waals surface area contributed by atoms with Gasteiger partial charge in [0.2, 0.25) is 0 Å². The monoisotopic (exact) mass is 269 g/mol. The molecule has 3 aromatic rings. The number of rotatable bonds is 3. The highest BCUT2D eigenvalue weighted by atomic mass is 19.1. The van der Waals surface area contributed by atoms with Crippen molar-refractivity contribution in [2.24, 2.45) is 7.05 Å². The van der Waals surface area contributed by atoms with Gasteiger partial charge in [0, 0.05) is 42.1 Å². The van der Waals surface area contributed by atoms with Crippen molar-refractivity contribution in [2.75, 3.05) is 0 Å². The van der Waals surface area contributed by atoms with E-state index in [4.69, 9.17) is 0 Å². The van der Waals surface area contributed by atoms with Gasteiger partial charge in [-0.15, -0.1) is 0 Å². The number of nitrogens with zero attached hydrogens (tertiary/aromatic N) is 2. The van der Waals surface area contributed by atoms with Crippen molar-refractivity contribution in [3.8, 4) is 0 Å². The van der Waals surface area contributed by atoms with Crippen molar-refractivity contribution >= 4 is 22.8 Å². The number of hydrogen-bond acceptors (Lipinski definition) is 2. The average molecular weight is 269 g/mol. The van der Waals surface area contributed by atoms with Gasteiger partial charge >= 0.3 is 0 Å². The van der Waals surface area contributed by atoms with E-state index in [9.17, 15) is 9.18 Å². The van der Waals surface area contributed by atoms with E-state index in [1.165, 1.54) is 18.2 Å². The Hall–Kier alpha value is -2.69. The molecule has 2 aromatic heterocycles. The van der Waals surface area contributed by atoms with Gasteiger partial charge in [0.25, 0.3) is 0 Å². The molecule has 20 heavy (non-hydrogen) atoms. The molecule has 0 aliphatic carbocycles. The van der Waals surface area contributed by atoms with Crippen molar-refractivity contribution in [1.29, 1.82) is 0 Å². The van der Waals surface area contributed by atoms with Crippen LogP contribution in [0, 0.1) is 5.82 Å². The second-order valence-corrected chi connectivity index (χ2v) is 4.49. The van der Waals surface area contributed by atoms with Gasteiger partial charge in [0.1, 0.15) is 11.6 Å². The second-order valence-electron chi connectivity index (χ2n) is 4.49. The molecule has 0 unspecified atom stereocenters. The molecule has 0 bridgehead atoms. The molecule has 3 rings (SSSR count). The number of imidazole rings is 1. The lowest BCUT2D eigenvalue weighted by Gasteiger charge is -1.95. The van der Waals surface area contributed by atoms with Gasteiger partial charge in [-0.25, -0.2) is 9.37 Å². The summed E-state index contributed by atoms with van der Waals surface area (Å²) >= 11 is 0. The van der Waals surface area contributed by atoms with E-state index in [1.54, 1.807) is 30.7 Å². The number of benzene rings is 1. The number of H-pyrrole nitrogens is 1. The SMILES string of the molecule is Cn1ccnc1/C=C/C(=O)c1c[nH]c2cc(F)ccc12. The van der Waals surface area contributed by atoms with E-state index >= 15 is 0 Å². The summed E-state index contributed by atoms with van der Waals surface area (Å²) < 4.78 is 14.9. The van der Waals surface area contributed by atoms with Crippen molar-refractivity contribution in [1.82, 2.24) is 14.5 Å². The number of aromatic nitrogens is 3. The minimum atomic E-state index is -0.332. The molecule has 0 aliphatic heterocycles. The van der Waals surface area contributed by atoms with Crippen LogP contribution < -0.4 is 0 Å². The highest BCUT2D eigenvalue weighted by Gasteiger charge is 2.10. The van der Waals surface area contributed by atoms with Gasteiger partial charge in [0.15, 0.2) is 5.78 Å². The van der Waals surface area contributed by atoms with Gasteiger partial charge in [0.05, 0.1) is 0 Å². The van der Waals surface area contributed by atoms with Crippen molar-refractivity contribution in [3.05, 3.63) is 60.1 Å². The Bertz CT molecular complexity index is 814. The highest BCUT2D eigenvalue weighted by molar-refractivity contribution is 6.14. The number of allylic oxidation sites excluding steroid dienone is 1. The molecule has 0 fully saturated rings. The molecule has 5 heteroatoms. The lowest BCUT2D eigenvalue weighted by atomic mass is 10.1. The zero-order valence-corrected chi connectivity index (χ0v) is 10.8. The predicted molar refractivity (Wildman–Crippen MR) is 74.8 cm³/mol. The van der Waals surface area contributed by atoms with E-state index < -0.39 is 0 Å². The molecule has 0 amide bonds. The minimum Gasteiger partial charge on any atom is -0.360 e. The number of aryl methyl sites for hydroxylation is 1. The Morgan fingerprint density at radius 1 is 1.45 bits per heavy atom. The van der Waals surface area contributed by atoms with Crippen molar-refractivity contribution in [2.45, 2.75) is 0 Å². The van der Waals surface area contributed by atoms with E-state index in [1.807, 2.05) is 11.6 Å². The number of fused-ring (bicyclic) bond motifs is 1. The molecule has 1 aromatic carbocycles. The number of aromatic amines is 1. The molecule has 0 aliphatic rings. The van der Waals surface area contributed by atoms with E-state index in [2.05, 4.69) is 9.97 Å². The van der Waals surface area contributed by atoms with Crippen molar-refractivity contribution in [3.63, 3.8) is 0 Å². The summed E-state index contributed by atoms with van der Waals surface area (Å²) in [4.78, 5) is 19.2. The fourth-order valence-corrected chi connectivity index (χ4v) is 2.08. The summed E-state index contributed by atoms with van der Waals surface area (Å²) in [6, 6.07) is 4.31. The number of carbonyl (C=O) groups is 1. The molecular formula is C15H12FN3O. The standard InChI is InChI=1S/C15H12FN3O/c1-19-7-6-17-15(19)5-4-14(20)12-9-18-13-8-10(16)2-3-11(12)13/h2-9,18H,1H3/b5-4+. The van der Waals surface area contributed by atoms with Crippen LogP contribution in [0.5, 0.6) is 0 Å². The Labute approximate surface area is 114 Å². The fourth-order valence-electron chi connectivity index (χ4n) is 2.08. The summed E-state index contributed by atoms with van der Waals surface area (Å²) in [5.41, 5.74) is 1.13. The first-order valence-electron chi connectivity index (χ1n) is 6.11.